The standard InChI is InChI=1S/C18H17N3.C2H6/c1-19-15-7-9-17-18(11-15)21(12-20-17)16-8-6-13-4-2-3-5-14(13)10-16;1-2/h2-11,19-20H,12H2,1H3;1-2H3. The van der Waals surface area contributed by atoms with Gasteiger partial charge in [-0.2, -0.15) is 0 Å². The van der Waals surface area contributed by atoms with E-state index < -0.39 is 0 Å². The smallest absolute Gasteiger partial charge is 0.0926 e. The minimum absolute atomic E-state index is 0.806. The molecule has 1 aliphatic rings. The van der Waals surface area contributed by atoms with Crippen molar-refractivity contribution in [1.82, 2.24) is 0 Å². The van der Waals surface area contributed by atoms with Gasteiger partial charge in [0.15, 0.2) is 0 Å². The van der Waals surface area contributed by atoms with Crippen LogP contribution in [0, 0.1) is 0 Å². The van der Waals surface area contributed by atoms with Crippen molar-refractivity contribution in [1.29, 1.82) is 0 Å². The lowest BCUT2D eigenvalue weighted by atomic mass is 10.1. The quantitative estimate of drug-likeness (QED) is 0.661. The van der Waals surface area contributed by atoms with Gasteiger partial charge in [-0.3, -0.25) is 0 Å². The van der Waals surface area contributed by atoms with Gasteiger partial charge in [0, 0.05) is 18.4 Å². The molecule has 3 aromatic carbocycles. The predicted octanol–water partition coefficient (Wildman–Crippen LogP) is 5.43. The first-order valence-corrected chi connectivity index (χ1v) is 8.17. The van der Waals surface area contributed by atoms with Gasteiger partial charge >= 0.3 is 0 Å². The molecule has 3 nitrogen and oxygen atoms in total. The summed E-state index contributed by atoms with van der Waals surface area (Å²) in [6.45, 7) is 4.81. The summed E-state index contributed by atoms with van der Waals surface area (Å²) in [4.78, 5) is 2.31. The first-order chi connectivity index (χ1) is 11.3. The van der Waals surface area contributed by atoms with Gasteiger partial charge in [0.05, 0.1) is 18.0 Å². The van der Waals surface area contributed by atoms with Crippen LogP contribution in [0.1, 0.15) is 13.8 Å². The second kappa shape index (κ2) is 6.61. The number of hydrogen-bond acceptors (Lipinski definition) is 3. The van der Waals surface area contributed by atoms with Crippen molar-refractivity contribution in [3.8, 4) is 0 Å². The van der Waals surface area contributed by atoms with Crippen LogP contribution in [0.25, 0.3) is 10.8 Å². The summed E-state index contributed by atoms with van der Waals surface area (Å²) in [7, 11) is 1.95. The number of anilines is 4. The van der Waals surface area contributed by atoms with Gasteiger partial charge in [0.1, 0.15) is 0 Å². The van der Waals surface area contributed by atoms with Crippen LogP contribution in [0.4, 0.5) is 22.7 Å². The lowest BCUT2D eigenvalue weighted by molar-refractivity contribution is 1.10. The summed E-state index contributed by atoms with van der Waals surface area (Å²) in [5, 5.41) is 9.20. The Bertz CT molecular complexity index is 811. The molecule has 4 rings (SSSR count). The Balaban J connectivity index is 0.000000753. The molecule has 0 spiro atoms. The molecule has 0 amide bonds. The molecule has 0 saturated heterocycles. The molecule has 2 N–H and O–H groups in total. The third kappa shape index (κ3) is 2.82. The molecule has 1 aliphatic heterocycles. The highest BCUT2D eigenvalue weighted by atomic mass is 15.3. The molecule has 0 atom stereocenters. The van der Waals surface area contributed by atoms with E-state index >= 15 is 0 Å². The molecular formula is C20H23N3. The van der Waals surface area contributed by atoms with E-state index in [4.69, 9.17) is 0 Å². The second-order valence-electron chi connectivity index (χ2n) is 5.28. The third-order valence-electron chi connectivity index (χ3n) is 4.05. The molecule has 3 aromatic rings. The van der Waals surface area contributed by atoms with Crippen LogP contribution in [0.2, 0.25) is 0 Å². The SMILES string of the molecule is CC.CNc1ccc2c(c1)N(c1ccc3ccccc3c1)CN2. The van der Waals surface area contributed by atoms with Crippen LogP contribution in [-0.2, 0) is 0 Å². The number of hydrogen-bond donors (Lipinski definition) is 2. The zero-order chi connectivity index (χ0) is 16.2. The van der Waals surface area contributed by atoms with Crippen LogP contribution in [0.15, 0.2) is 60.7 Å². The van der Waals surface area contributed by atoms with Crippen molar-refractivity contribution in [2.24, 2.45) is 0 Å². The minimum atomic E-state index is 0.806. The van der Waals surface area contributed by atoms with Gasteiger partial charge in [0.25, 0.3) is 0 Å². The van der Waals surface area contributed by atoms with E-state index in [-0.39, 0.29) is 0 Å². The van der Waals surface area contributed by atoms with Crippen molar-refractivity contribution < 1.29 is 0 Å². The molecular weight excluding hydrogens is 282 g/mol. The van der Waals surface area contributed by atoms with E-state index in [9.17, 15) is 0 Å². The molecule has 0 saturated carbocycles. The summed E-state index contributed by atoms with van der Waals surface area (Å²) in [5.41, 5.74) is 4.75. The molecule has 0 radical (unpaired) electrons. The Morgan fingerprint density at radius 1 is 0.913 bits per heavy atom. The molecule has 0 aromatic heterocycles. The van der Waals surface area contributed by atoms with Crippen LogP contribution < -0.4 is 15.5 Å². The zero-order valence-corrected chi connectivity index (χ0v) is 13.9. The van der Waals surface area contributed by atoms with Gasteiger partial charge in [-0.15, -0.1) is 0 Å². The molecule has 3 heteroatoms. The Morgan fingerprint density at radius 3 is 2.48 bits per heavy atom. The van der Waals surface area contributed by atoms with Gasteiger partial charge < -0.3 is 15.5 Å². The second-order valence-corrected chi connectivity index (χ2v) is 5.28. The van der Waals surface area contributed by atoms with Crippen molar-refractivity contribution in [2.45, 2.75) is 13.8 Å². The number of rotatable bonds is 2. The van der Waals surface area contributed by atoms with E-state index in [2.05, 4.69) is 76.2 Å². The average molecular weight is 305 g/mol. The lowest BCUT2D eigenvalue weighted by Crippen LogP contribution is -2.16. The summed E-state index contributed by atoms with van der Waals surface area (Å²) < 4.78 is 0. The molecule has 118 valence electrons. The zero-order valence-electron chi connectivity index (χ0n) is 13.9. The Morgan fingerprint density at radius 2 is 1.70 bits per heavy atom. The van der Waals surface area contributed by atoms with Gasteiger partial charge in [-0.25, -0.2) is 0 Å². The van der Waals surface area contributed by atoms with E-state index in [1.807, 2.05) is 20.9 Å². The third-order valence-corrected chi connectivity index (χ3v) is 4.05. The first kappa shape index (κ1) is 15.2. The Labute approximate surface area is 137 Å². The normalized spacial score (nSPS) is 12.2. The highest BCUT2D eigenvalue weighted by molar-refractivity contribution is 5.90. The highest BCUT2D eigenvalue weighted by Gasteiger charge is 2.20. The molecule has 0 aliphatic carbocycles. The minimum Gasteiger partial charge on any atom is -0.388 e. The van der Waals surface area contributed by atoms with Crippen molar-refractivity contribution >= 4 is 33.5 Å². The van der Waals surface area contributed by atoms with Crippen LogP contribution in [0.3, 0.4) is 0 Å². The van der Waals surface area contributed by atoms with Crippen LogP contribution in [0.5, 0.6) is 0 Å². The van der Waals surface area contributed by atoms with E-state index in [0.717, 1.165) is 12.4 Å². The van der Waals surface area contributed by atoms with Crippen molar-refractivity contribution in [2.75, 3.05) is 29.2 Å². The summed E-state index contributed by atoms with van der Waals surface area (Å²) in [5.74, 6) is 0. The van der Waals surface area contributed by atoms with E-state index in [1.54, 1.807) is 0 Å². The number of benzene rings is 3. The molecule has 0 unspecified atom stereocenters. The van der Waals surface area contributed by atoms with E-state index in [1.165, 1.54) is 27.8 Å². The maximum atomic E-state index is 3.45. The fourth-order valence-electron chi connectivity index (χ4n) is 2.88. The van der Waals surface area contributed by atoms with E-state index in [0.29, 0.717) is 0 Å². The Hall–Kier alpha value is -2.68. The van der Waals surface area contributed by atoms with Crippen LogP contribution in [-0.4, -0.2) is 13.7 Å². The van der Waals surface area contributed by atoms with Gasteiger partial charge in [-0.1, -0.05) is 44.2 Å². The molecule has 1 heterocycles. The largest absolute Gasteiger partial charge is 0.388 e. The summed E-state index contributed by atoms with van der Waals surface area (Å²) >= 11 is 0. The van der Waals surface area contributed by atoms with Crippen molar-refractivity contribution in [3.05, 3.63) is 60.7 Å². The fraction of sp³-hybridized carbons (Fsp3) is 0.200. The lowest BCUT2D eigenvalue weighted by Gasteiger charge is -2.19. The van der Waals surface area contributed by atoms with Gasteiger partial charge in [-0.05, 0) is 41.1 Å². The average Bonchev–Trinajstić information content (AvgIpc) is 3.06. The maximum Gasteiger partial charge on any atom is 0.0926 e. The number of nitrogens with zero attached hydrogens (tertiary/aromatic N) is 1. The molecule has 0 bridgehead atoms. The number of fused-ring (bicyclic) bond motifs is 2. The van der Waals surface area contributed by atoms with Crippen LogP contribution >= 0.6 is 0 Å². The first-order valence-electron chi connectivity index (χ1n) is 8.17. The fourth-order valence-corrected chi connectivity index (χ4v) is 2.88. The van der Waals surface area contributed by atoms with Gasteiger partial charge in [0.2, 0.25) is 0 Å². The highest BCUT2D eigenvalue weighted by Crippen LogP contribution is 2.39. The molecule has 23 heavy (non-hydrogen) atoms. The predicted molar refractivity (Wildman–Crippen MR) is 102 cm³/mol. The summed E-state index contributed by atoms with van der Waals surface area (Å²) in [6.07, 6.45) is 0. The Kier molecular flexibility index (Phi) is 4.38. The topological polar surface area (TPSA) is 27.3 Å². The number of nitrogens with one attached hydrogen (secondary N) is 2. The molecule has 0 fully saturated rings. The maximum absolute atomic E-state index is 3.45. The monoisotopic (exact) mass is 305 g/mol. The summed E-state index contributed by atoms with van der Waals surface area (Å²) in [6, 6.07) is 21.5. The van der Waals surface area contributed by atoms with Crippen molar-refractivity contribution in [3.63, 3.8) is 0 Å².